The van der Waals surface area contributed by atoms with Gasteiger partial charge in [-0.2, -0.15) is 0 Å². The largest absolute Gasteiger partial charge is 0.497 e. The van der Waals surface area contributed by atoms with Crippen molar-refractivity contribution in [3.05, 3.63) is 52.2 Å². The Bertz CT molecular complexity index is 816. The summed E-state index contributed by atoms with van der Waals surface area (Å²) < 4.78 is 11.0. The van der Waals surface area contributed by atoms with E-state index in [2.05, 4.69) is 11.4 Å². The Morgan fingerprint density at radius 3 is 2.73 bits per heavy atom. The molecule has 2 aromatic rings. The first-order valence-corrected chi connectivity index (χ1v) is 11.3. The number of benzene rings is 1. The third kappa shape index (κ3) is 6.31. The van der Waals surface area contributed by atoms with E-state index in [1.54, 1.807) is 25.4 Å². The fourth-order valence-corrected chi connectivity index (χ4v) is 4.29. The first kappa shape index (κ1) is 22.3. The minimum absolute atomic E-state index is 0.0190. The number of carbonyl (C=O) groups is 2. The Morgan fingerprint density at radius 2 is 2.03 bits per heavy atom. The summed E-state index contributed by atoms with van der Waals surface area (Å²) in [5.74, 6) is 0.826. The number of thiophene rings is 1. The standard InChI is InChI=1S/C23H30N2O4S/c1-17(29-16-18-5-3-6-20(15-18)28-2)23(27)25-12-9-19(10-13-25)22(26)24-11-8-21-7-4-14-30-21/h3-7,14-15,17,19H,8-13,16H2,1-2H3,(H,24,26). The summed E-state index contributed by atoms with van der Waals surface area (Å²) in [6, 6.07) is 11.7. The summed E-state index contributed by atoms with van der Waals surface area (Å²) in [5, 5.41) is 5.08. The zero-order chi connectivity index (χ0) is 21.3. The summed E-state index contributed by atoms with van der Waals surface area (Å²) in [5.41, 5.74) is 0.965. The monoisotopic (exact) mass is 430 g/mol. The summed E-state index contributed by atoms with van der Waals surface area (Å²) in [6.45, 7) is 3.98. The van der Waals surface area contributed by atoms with Crippen molar-refractivity contribution in [1.29, 1.82) is 0 Å². The van der Waals surface area contributed by atoms with Gasteiger partial charge in [-0.05, 0) is 55.3 Å². The van der Waals surface area contributed by atoms with Crippen LogP contribution >= 0.6 is 11.3 Å². The lowest BCUT2D eigenvalue weighted by molar-refractivity contribution is -0.146. The van der Waals surface area contributed by atoms with E-state index >= 15 is 0 Å². The molecule has 1 aliphatic heterocycles. The number of likely N-dealkylation sites (tertiary alicyclic amines) is 1. The second-order valence-corrected chi connectivity index (χ2v) is 8.56. The van der Waals surface area contributed by atoms with Gasteiger partial charge in [0.2, 0.25) is 5.91 Å². The minimum Gasteiger partial charge on any atom is -0.497 e. The van der Waals surface area contributed by atoms with E-state index in [1.165, 1.54) is 4.88 Å². The van der Waals surface area contributed by atoms with Crippen molar-refractivity contribution in [2.45, 2.75) is 38.9 Å². The van der Waals surface area contributed by atoms with Gasteiger partial charge in [-0.1, -0.05) is 18.2 Å². The summed E-state index contributed by atoms with van der Waals surface area (Å²) in [7, 11) is 1.62. The van der Waals surface area contributed by atoms with E-state index < -0.39 is 6.10 Å². The zero-order valence-electron chi connectivity index (χ0n) is 17.6. The molecule has 1 aliphatic rings. The van der Waals surface area contributed by atoms with E-state index in [9.17, 15) is 9.59 Å². The van der Waals surface area contributed by atoms with Crippen molar-refractivity contribution in [2.75, 3.05) is 26.7 Å². The third-order valence-corrected chi connectivity index (χ3v) is 6.35. The van der Waals surface area contributed by atoms with Crippen LogP contribution in [-0.2, 0) is 27.4 Å². The highest BCUT2D eigenvalue weighted by Gasteiger charge is 2.29. The lowest BCUT2D eigenvalue weighted by Crippen LogP contribution is -2.46. The highest BCUT2D eigenvalue weighted by Crippen LogP contribution is 2.19. The van der Waals surface area contributed by atoms with Crippen LogP contribution in [0.25, 0.3) is 0 Å². The Morgan fingerprint density at radius 1 is 1.23 bits per heavy atom. The molecule has 2 heterocycles. The van der Waals surface area contributed by atoms with Crippen molar-refractivity contribution < 1.29 is 19.1 Å². The Balaban J connectivity index is 1.37. The lowest BCUT2D eigenvalue weighted by Gasteiger charge is -2.33. The van der Waals surface area contributed by atoms with Crippen LogP contribution in [-0.4, -0.2) is 49.6 Å². The van der Waals surface area contributed by atoms with E-state index in [4.69, 9.17) is 9.47 Å². The van der Waals surface area contributed by atoms with Crippen LogP contribution in [0.1, 0.15) is 30.2 Å². The fraction of sp³-hybridized carbons (Fsp3) is 0.478. The molecule has 30 heavy (non-hydrogen) atoms. The number of carbonyl (C=O) groups excluding carboxylic acids is 2. The van der Waals surface area contributed by atoms with Gasteiger partial charge in [0.05, 0.1) is 13.7 Å². The number of rotatable bonds is 9. The maximum Gasteiger partial charge on any atom is 0.251 e. The van der Waals surface area contributed by atoms with E-state index in [0.717, 1.165) is 17.7 Å². The SMILES string of the molecule is COc1cccc(COC(C)C(=O)N2CCC(C(=O)NCCc3cccs3)CC2)c1. The summed E-state index contributed by atoms with van der Waals surface area (Å²) in [4.78, 5) is 28.2. The number of nitrogens with zero attached hydrogens (tertiary/aromatic N) is 1. The average Bonchev–Trinajstić information content (AvgIpc) is 3.30. The first-order chi connectivity index (χ1) is 14.6. The van der Waals surface area contributed by atoms with Gasteiger partial charge in [0, 0.05) is 30.4 Å². The highest BCUT2D eigenvalue weighted by atomic mass is 32.1. The lowest BCUT2D eigenvalue weighted by atomic mass is 9.95. The number of hydrogen-bond acceptors (Lipinski definition) is 5. The smallest absolute Gasteiger partial charge is 0.251 e. The Labute approximate surface area is 182 Å². The van der Waals surface area contributed by atoms with Crippen LogP contribution in [0.4, 0.5) is 0 Å². The molecule has 0 spiro atoms. The zero-order valence-corrected chi connectivity index (χ0v) is 18.5. The Kier molecular flexibility index (Phi) is 8.28. The van der Waals surface area contributed by atoms with Crippen LogP contribution in [0, 0.1) is 5.92 Å². The molecule has 3 rings (SSSR count). The number of hydrogen-bond donors (Lipinski definition) is 1. The molecule has 1 atom stereocenters. The van der Waals surface area contributed by atoms with Gasteiger partial charge in [-0.3, -0.25) is 9.59 Å². The third-order valence-electron chi connectivity index (χ3n) is 5.41. The van der Waals surface area contributed by atoms with Gasteiger partial charge in [0.1, 0.15) is 11.9 Å². The quantitative estimate of drug-likeness (QED) is 0.663. The molecule has 1 N–H and O–H groups in total. The van der Waals surface area contributed by atoms with Crippen molar-refractivity contribution in [3.63, 3.8) is 0 Å². The van der Waals surface area contributed by atoms with Crippen molar-refractivity contribution >= 4 is 23.2 Å². The van der Waals surface area contributed by atoms with Gasteiger partial charge in [0.25, 0.3) is 5.91 Å². The molecule has 0 saturated carbocycles. The number of piperidine rings is 1. The molecule has 0 radical (unpaired) electrons. The molecule has 2 amide bonds. The molecule has 1 aromatic carbocycles. The number of ether oxygens (including phenoxy) is 2. The predicted molar refractivity (Wildman–Crippen MR) is 118 cm³/mol. The predicted octanol–water partition coefficient (Wildman–Crippen LogP) is 3.26. The molecular weight excluding hydrogens is 400 g/mol. The van der Waals surface area contributed by atoms with Crippen LogP contribution < -0.4 is 10.1 Å². The van der Waals surface area contributed by atoms with Gasteiger partial charge in [-0.15, -0.1) is 11.3 Å². The van der Waals surface area contributed by atoms with Crippen molar-refractivity contribution in [3.8, 4) is 5.75 Å². The van der Waals surface area contributed by atoms with Crippen LogP contribution in [0.3, 0.4) is 0 Å². The van der Waals surface area contributed by atoms with E-state index in [1.807, 2.05) is 40.6 Å². The summed E-state index contributed by atoms with van der Waals surface area (Å²) >= 11 is 1.71. The molecule has 0 bridgehead atoms. The molecule has 1 unspecified atom stereocenters. The molecule has 1 aromatic heterocycles. The maximum absolute atomic E-state index is 12.7. The van der Waals surface area contributed by atoms with Crippen molar-refractivity contribution in [2.24, 2.45) is 5.92 Å². The van der Waals surface area contributed by atoms with Crippen molar-refractivity contribution in [1.82, 2.24) is 10.2 Å². The molecule has 7 heteroatoms. The number of amides is 2. The maximum atomic E-state index is 12.7. The fourth-order valence-electron chi connectivity index (χ4n) is 3.58. The molecule has 162 valence electrons. The van der Waals surface area contributed by atoms with Crippen LogP contribution in [0.2, 0.25) is 0 Å². The van der Waals surface area contributed by atoms with Gasteiger partial charge < -0.3 is 19.7 Å². The second-order valence-electron chi connectivity index (χ2n) is 7.52. The topological polar surface area (TPSA) is 67.9 Å². The molecule has 1 saturated heterocycles. The molecule has 1 fully saturated rings. The van der Waals surface area contributed by atoms with E-state index in [0.29, 0.717) is 39.1 Å². The molecule has 6 nitrogen and oxygen atoms in total. The van der Waals surface area contributed by atoms with Gasteiger partial charge >= 0.3 is 0 Å². The van der Waals surface area contributed by atoms with Crippen LogP contribution in [0.5, 0.6) is 5.75 Å². The summed E-state index contributed by atoms with van der Waals surface area (Å²) in [6.07, 6.45) is 1.73. The Hall–Kier alpha value is -2.38. The average molecular weight is 431 g/mol. The number of nitrogens with one attached hydrogen (secondary N) is 1. The molecule has 0 aliphatic carbocycles. The first-order valence-electron chi connectivity index (χ1n) is 10.4. The van der Waals surface area contributed by atoms with Crippen LogP contribution in [0.15, 0.2) is 41.8 Å². The highest BCUT2D eigenvalue weighted by molar-refractivity contribution is 7.09. The van der Waals surface area contributed by atoms with Gasteiger partial charge in [0.15, 0.2) is 0 Å². The molecular formula is C23H30N2O4S. The van der Waals surface area contributed by atoms with Gasteiger partial charge in [-0.25, -0.2) is 0 Å². The second kappa shape index (κ2) is 11.1. The van der Waals surface area contributed by atoms with E-state index in [-0.39, 0.29) is 17.7 Å². The normalized spacial score (nSPS) is 15.6. The number of methoxy groups -OCH3 is 1. The minimum atomic E-state index is -0.521.